The van der Waals surface area contributed by atoms with E-state index < -0.39 is 17.7 Å². The number of carbonyl (C=O) groups is 2. The molecule has 0 spiro atoms. The number of ether oxygens (including phenoxy) is 3. The summed E-state index contributed by atoms with van der Waals surface area (Å²) in [6.45, 7) is -0.201. The lowest BCUT2D eigenvalue weighted by molar-refractivity contribution is -0.114. The summed E-state index contributed by atoms with van der Waals surface area (Å²) in [6, 6.07) is 8.78. The SMILES string of the molecule is COC(=O)c1cc(OC)c(OC)cc1NCC(=O)Nc1ccccc1F. The highest BCUT2D eigenvalue weighted by Crippen LogP contribution is 2.33. The van der Waals surface area contributed by atoms with Gasteiger partial charge in [0.2, 0.25) is 5.91 Å². The van der Waals surface area contributed by atoms with Gasteiger partial charge in [-0.2, -0.15) is 0 Å². The van der Waals surface area contributed by atoms with Crippen LogP contribution in [-0.4, -0.2) is 39.8 Å². The fourth-order valence-corrected chi connectivity index (χ4v) is 2.24. The second-order valence-electron chi connectivity index (χ2n) is 5.13. The van der Waals surface area contributed by atoms with Crippen LogP contribution in [-0.2, 0) is 9.53 Å². The van der Waals surface area contributed by atoms with Gasteiger partial charge in [0.15, 0.2) is 11.5 Å². The molecule has 2 N–H and O–H groups in total. The third-order valence-corrected chi connectivity index (χ3v) is 3.52. The summed E-state index contributed by atoms with van der Waals surface area (Å²) in [5, 5.41) is 5.27. The Bertz CT molecular complexity index is 810. The molecule has 0 aliphatic carbocycles. The van der Waals surface area contributed by atoms with Crippen LogP contribution < -0.4 is 20.1 Å². The predicted octanol–water partition coefficient (Wildman–Crippen LogP) is 2.68. The largest absolute Gasteiger partial charge is 0.493 e. The Balaban J connectivity index is 2.18. The summed E-state index contributed by atoms with van der Waals surface area (Å²) in [7, 11) is 4.13. The number of anilines is 2. The van der Waals surface area contributed by atoms with Gasteiger partial charge in [0.1, 0.15) is 5.82 Å². The van der Waals surface area contributed by atoms with Gasteiger partial charge in [0.25, 0.3) is 0 Å². The van der Waals surface area contributed by atoms with Gasteiger partial charge in [-0.1, -0.05) is 12.1 Å². The summed E-state index contributed by atoms with van der Waals surface area (Å²) >= 11 is 0. The van der Waals surface area contributed by atoms with Crippen molar-refractivity contribution in [1.82, 2.24) is 0 Å². The molecule has 26 heavy (non-hydrogen) atoms. The van der Waals surface area contributed by atoms with E-state index in [4.69, 9.17) is 14.2 Å². The van der Waals surface area contributed by atoms with Gasteiger partial charge >= 0.3 is 5.97 Å². The molecule has 2 aromatic rings. The van der Waals surface area contributed by atoms with E-state index in [2.05, 4.69) is 10.6 Å². The Morgan fingerprint density at radius 1 is 1.00 bits per heavy atom. The summed E-state index contributed by atoms with van der Waals surface area (Å²) in [5.74, 6) is -0.919. The zero-order valence-electron chi connectivity index (χ0n) is 14.6. The molecule has 0 aliphatic rings. The molecule has 0 bridgehead atoms. The van der Waals surface area contributed by atoms with E-state index in [1.807, 2.05) is 0 Å². The van der Waals surface area contributed by atoms with Gasteiger partial charge in [-0.15, -0.1) is 0 Å². The molecule has 0 aromatic heterocycles. The molecule has 0 atom stereocenters. The molecule has 8 heteroatoms. The van der Waals surface area contributed by atoms with Crippen molar-refractivity contribution in [2.45, 2.75) is 0 Å². The first-order chi connectivity index (χ1) is 12.5. The van der Waals surface area contributed by atoms with Crippen LogP contribution in [0.15, 0.2) is 36.4 Å². The Labute approximate surface area is 150 Å². The summed E-state index contributed by atoms with van der Waals surface area (Å²) in [6.07, 6.45) is 0. The average Bonchev–Trinajstić information content (AvgIpc) is 2.66. The number of halogens is 1. The zero-order chi connectivity index (χ0) is 19.1. The van der Waals surface area contributed by atoms with Gasteiger partial charge in [-0.3, -0.25) is 4.79 Å². The van der Waals surface area contributed by atoms with Crippen LogP contribution in [0.2, 0.25) is 0 Å². The molecule has 0 fully saturated rings. The van der Waals surface area contributed by atoms with E-state index in [1.54, 1.807) is 6.07 Å². The molecular formula is C18H19FN2O5. The third kappa shape index (κ3) is 4.41. The predicted molar refractivity (Wildman–Crippen MR) is 94.4 cm³/mol. The van der Waals surface area contributed by atoms with Gasteiger partial charge in [-0.05, 0) is 12.1 Å². The van der Waals surface area contributed by atoms with Crippen molar-refractivity contribution >= 4 is 23.3 Å². The average molecular weight is 362 g/mol. The lowest BCUT2D eigenvalue weighted by Gasteiger charge is -2.15. The molecule has 138 valence electrons. The van der Waals surface area contributed by atoms with E-state index in [9.17, 15) is 14.0 Å². The standard InChI is InChI=1S/C18H19FN2O5/c1-24-15-8-11(18(23)26-3)14(9-16(15)25-2)20-10-17(22)21-13-7-5-4-6-12(13)19/h4-9,20H,10H2,1-3H3,(H,21,22). The summed E-state index contributed by atoms with van der Waals surface area (Å²) in [5.41, 5.74) is 0.557. The third-order valence-electron chi connectivity index (χ3n) is 3.52. The smallest absolute Gasteiger partial charge is 0.340 e. The minimum absolute atomic E-state index is 0.0693. The Kier molecular flexibility index (Phi) is 6.37. The van der Waals surface area contributed by atoms with E-state index in [0.717, 1.165) is 0 Å². The highest BCUT2D eigenvalue weighted by Gasteiger charge is 2.18. The van der Waals surface area contributed by atoms with E-state index in [-0.39, 0.29) is 17.8 Å². The monoisotopic (exact) mass is 362 g/mol. The molecule has 0 aliphatic heterocycles. The van der Waals surface area contributed by atoms with Crippen molar-refractivity contribution in [3.63, 3.8) is 0 Å². The number of benzene rings is 2. The number of rotatable bonds is 7. The minimum Gasteiger partial charge on any atom is -0.493 e. The van der Waals surface area contributed by atoms with Gasteiger partial charge in [0, 0.05) is 12.1 Å². The Morgan fingerprint density at radius 3 is 2.27 bits per heavy atom. The second kappa shape index (κ2) is 8.70. The lowest BCUT2D eigenvalue weighted by Crippen LogP contribution is -2.23. The maximum atomic E-state index is 13.6. The molecule has 1 amide bonds. The molecule has 2 rings (SSSR count). The summed E-state index contributed by atoms with van der Waals surface area (Å²) < 4.78 is 28.7. The highest BCUT2D eigenvalue weighted by atomic mass is 19.1. The van der Waals surface area contributed by atoms with Crippen molar-refractivity contribution in [2.75, 3.05) is 38.5 Å². The van der Waals surface area contributed by atoms with Crippen molar-refractivity contribution < 1.29 is 28.2 Å². The number of amides is 1. The Morgan fingerprint density at radius 2 is 1.65 bits per heavy atom. The van der Waals surface area contributed by atoms with Crippen molar-refractivity contribution in [1.29, 1.82) is 0 Å². The van der Waals surface area contributed by atoms with Crippen molar-refractivity contribution in [3.05, 3.63) is 47.8 Å². The second-order valence-corrected chi connectivity index (χ2v) is 5.13. The summed E-state index contributed by atoms with van der Waals surface area (Å²) in [4.78, 5) is 24.0. The van der Waals surface area contributed by atoms with Crippen LogP contribution in [0.4, 0.5) is 15.8 Å². The molecule has 0 saturated carbocycles. The number of carbonyl (C=O) groups excluding carboxylic acids is 2. The molecular weight excluding hydrogens is 343 g/mol. The lowest BCUT2D eigenvalue weighted by atomic mass is 10.1. The van der Waals surface area contributed by atoms with Crippen LogP contribution in [0.25, 0.3) is 0 Å². The first-order valence-electron chi connectivity index (χ1n) is 7.62. The first-order valence-corrected chi connectivity index (χ1v) is 7.62. The van der Waals surface area contributed by atoms with Crippen LogP contribution in [0.3, 0.4) is 0 Å². The fraction of sp³-hybridized carbons (Fsp3) is 0.222. The molecule has 0 heterocycles. The minimum atomic E-state index is -0.608. The van der Waals surface area contributed by atoms with Crippen LogP contribution in [0, 0.1) is 5.82 Å². The van der Waals surface area contributed by atoms with Crippen molar-refractivity contribution in [2.24, 2.45) is 0 Å². The van der Waals surface area contributed by atoms with Gasteiger partial charge in [-0.25, -0.2) is 9.18 Å². The zero-order valence-corrected chi connectivity index (χ0v) is 14.6. The quantitative estimate of drug-likeness (QED) is 0.737. The first kappa shape index (κ1) is 19.0. The molecule has 7 nitrogen and oxygen atoms in total. The topological polar surface area (TPSA) is 85.9 Å². The van der Waals surface area contributed by atoms with Crippen LogP contribution >= 0.6 is 0 Å². The van der Waals surface area contributed by atoms with E-state index >= 15 is 0 Å². The van der Waals surface area contributed by atoms with Crippen molar-refractivity contribution in [3.8, 4) is 11.5 Å². The number of esters is 1. The Hall–Kier alpha value is -3.29. The van der Waals surface area contributed by atoms with Gasteiger partial charge < -0.3 is 24.8 Å². The van der Waals surface area contributed by atoms with E-state index in [0.29, 0.717) is 17.2 Å². The number of methoxy groups -OCH3 is 3. The van der Waals surface area contributed by atoms with Crippen LogP contribution in [0.1, 0.15) is 10.4 Å². The van der Waals surface area contributed by atoms with Gasteiger partial charge in [0.05, 0.1) is 44.8 Å². The normalized spacial score (nSPS) is 10.0. The number of hydrogen-bond donors (Lipinski definition) is 2. The fourth-order valence-electron chi connectivity index (χ4n) is 2.24. The molecule has 0 saturated heterocycles. The number of hydrogen-bond acceptors (Lipinski definition) is 6. The molecule has 0 unspecified atom stereocenters. The maximum absolute atomic E-state index is 13.6. The number of nitrogens with one attached hydrogen (secondary N) is 2. The molecule has 0 radical (unpaired) electrons. The van der Waals surface area contributed by atoms with Crippen LogP contribution in [0.5, 0.6) is 11.5 Å². The molecule has 2 aromatic carbocycles. The number of para-hydroxylation sites is 1. The van der Waals surface area contributed by atoms with E-state index in [1.165, 1.54) is 51.7 Å². The highest BCUT2D eigenvalue weighted by molar-refractivity contribution is 5.99. The maximum Gasteiger partial charge on any atom is 0.340 e.